The van der Waals surface area contributed by atoms with Gasteiger partial charge in [0, 0.05) is 17.6 Å². The molecule has 0 saturated heterocycles. The molecule has 3 rings (SSSR count). The summed E-state index contributed by atoms with van der Waals surface area (Å²) >= 11 is 6.04. The van der Waals surface area contributed by atoms with Gasteiger partial charge in [-0.1, -0.05) is 49.7 Å². The molecule has 0 radical (unpaired) electrons. The minimum Gasteiger partial charge on any atom is -0.497 e. The molecular weight excluding hydrogens is 590 g/mol. The average molecular weight is 630 g/mol. The second kappa shape index (κ2) is 15.6. The molecule has 0 fully saturated rings. The van der Waals surface area contributed by atoms with Gasteiger partial charge in [0.05, 0.1) is 24.3 Å². The number of carbonyl (C=O) groups is 2. The SMILES string of the molecule is CCOc1ccccc1N(CC(=O)N(Cc1ccc(OC)cc1)[C@@H](CC)C(=O)N[C@H](C)CC)S(=O)(=O)c1ccc(Cl)cc1. The lowest BCUT2D eigenvalue weighted by molar-refractivity contribution is -0.140. The number of benzene rings is 3. The van der Waals surface area contributed by atoms with E-state index in [2.05, 4.69) is 5.32 Å². The summed E-state index contributed by atoms with van der Waals surface area (Å²) in [5, 5.41) is 3.35. The summed E-state index contributed by atoms with van der Waals surface area (Å²) in [6, 6.07) is 18.6. The van der Waals surface area contributed by atoms with E-state index in [1.54, 1.807) is 50.4 Å². The zero-order chi connectivity index (χ0) is 31.6. The van der Waals surface area contributed by atoms with Crippen molar-refractivity contribution in [1.29, 1.82) is 0 Å². The highest BCUT2D eigenvalue weighted by atomic mass is 35.5. The molecule has 9 nitrogen and oxygen atoms in total. The molecule has 43 heavy (non-hydrogen) atoms. The van der Waals surface area contributed by atoms with Crippen molar-refractivity contribution < 1.29 is 27.5 Å². The van der Waals surface area contributed by atoms with E-state index in [4.69, 9.17) is 21.1 Å². The number of ether oxygens (including phenoxy) is 2. The molecule has 0 spiro atoms. The molecule has 0 aliphatic carbocycles. The number of sulfonamides is 1. The Hall–Kier alpha value is -3.76. The molecule has 0 heterocycles. The number of halogens is 1. The number of methoxy groups -OCH3 is 1. The van der Waals surface area contributed by atoms with Crippen LogP contribution in [0.25, 0.3) is 0 Å². The van der Waals surface area contributed by atoms with Gasteiger partial charge in [0.15, 0.2) is 0 Å². The van der Waals surface area contributed by atoms with E-state index in [-0.39, 0.29) is 35.7 Å². The number of rotatable bonds is 15. The highest BCUT2D eigenvalue weighted by Crippen LogP contribution is 2.33. The first-order chi connectivity index (χ1) is 20.5. The van der Waals surface area contributed by atoms with Crippen LogP contribution < -0.4 is 19.1 Å². The van der Waals surface area contributed by atoms with Crippen molar-refractivity contribution in [3.63, 3.8) is 0 Å². The second-order valence-electron chi connectivity index (χ2n) is 9.98. The van der Waals surface area contributed by atoms with Crippen molar-refractivity contribution in [2.24, 2.45) is 0 Å². The molecule has 0 unspecified atom stereocenters. The Morgan fingerprint density at radius 1 is 0.930 bits per heavy atom. The molecule has 232 valence electrons. The molecule has 2 amide bonds. The lowest BCUT2D eigenvalue weighted by atomic mass is 10.1. The van der Waals surface area contributed by atoms with Crippen LogP contribution >= 0.6 is 11.6 Å². The molecule has 3 aromatic rings. The number of amides is 2. The summed E-state index contributed by atoms with van der Waals surface area (Å²) < 4.78 is 40.3. The standard InChI is InChI=1S/C32H40ClN3O6S/c1-6-23(4)34-32(38)28(7-2)35(21-24-13-17-26(41-5)18-14-24)31(37)22-36(29-11-9-10-12-30(29)42-8-3)43(39,40)27-19-15-25(33)16-20-27/h9-20,23,28H,6-8,21-22H2,1-5H3,(H,34,38)/t23-,28+/m1/s1. The number of hydrogen-bond donors (Lipinski definition) is 1. The van der Waals surface area contributed by atoms with E-state index in [1.165, 1.54) is 29.2 Å². The van der Waals surface area contributed by atoms with Crippen LogP contribution in [0.3, 0.4) is 0 Å². The van der Waals surface area contributed by atoms with Crippen LogP contribution in [0.1, 0.15) is 46.1 Å². The van der Waals surface area contributed by atoms with Crippen LogP contribution in [0, 0.1) is 0 Å². The van der Waals surface area contributed by atoms with Crippen LogP contribution in [0.4, 0.5) is 5.69 Å². The van der Waals surface area contributed by atoms with Gasteiger partial charge in [0.2, 0.25) is 11.8 Å². The van der Waals surface area contributed by atoms with E-state index >= 15 is 0 Å². The number of nitrogens with one attached hydrogen (secondary N) is 1. The second-order valence-corrected chi connectivity index (χ2v) is 12.3. The summed E-state index contributed by atoms with van der Waals surface area (Å²) in [5.74, 6) is 0.0980. The predicted molar refractivity (Wildman–Crippen MR) is 169 cm³/mol. The average Bonchev–Trinajstić information content (AvgIpc) is 3.00. The van der Waals surface area contributed by atoms with Crippen molar-refractivity contribution >= 4 is 39.1 Å². The Morgan fingerprint density at radius 3 is 2.16 bits per heavy atom. The Bertz CT molecular complexity index is 1470. The van der Waals surface area contributed by atoms with Gasteiger partial charge in [0.1, 0.15) is 24.1 Å². The molecule has 0 aliphatic rings. The van der Waals surface area contributed by atoms with Crippen molar-refractivity contribution in [3.05, 3.63) is 83.4 Å². The van der Waals surface area contributed by atoms with Gasteiger partial charge >= 0.3 is 0 Å². The summed E-state index contributed by atoms with van der Waals surface area (Å²) in [6.07, 6.45) is 1.04. The van der Waals surface area contributed by atoms with E-state index < -0.39 is 28.5 Å². The fourth-order valence-electron chi connectivity index (χ4n) is 4.48. The number of para-hydroxylation sites is 2. The largest absolute Gasteiger partial charge is 0.497 e. The van der Waals surface area contributed by atoms with Crippen molar-refractivity contribution in [2.75, 3.05) is 24.6 Å². The third kappa shape index (κ3) is 8.64. The van der Waals surface area contributed by atoms with E-state index in [0.29, 0.717) is 22.9 Å². The van der Waals surface area contributed by atoms with Gasteiger partial charge in [-0.3, -0.25) is 13.9 Å². The summed E-state index contributed by atoms with van der Waals surface area (Å²) in [4.78, 5) is 29.1. The number of carbonyl (C=O) groups excluding carboxylic acids is 2. The van der Waals surface area contributed by atoms with Gasteiger partial charge in [-0.15, -0.1) is 0 Å². The first-order valence-electron chi connectivity index (χ1n) is 14.3. The topological polar surface area (TPSA) is 105 Å². The van der Waals surface area contributed by atoms with Gasteiger partial charge < -0.3 is 19.7 Å². The molecule has 2 atom stereocenters. The number of anilines is 1. The lowest BCUT2D eigenvalue weighted by Gasteiger charge is -2.34. The third-order valence-corrected chi connectivity index (χ3v) is 9.04. The van der Waals surface area contributed by atoms with Crippen LogP contribution in [-0.4, -0.2) is 57.5 Å². The zero-order valence-electron chi connectivity index (χ0n) is 25.2. The Labute approximate surface area is 259 Å². The fraction of sp³-hybridized carbons (Fsp3) is 0.375. The maximum absolute atomic E-state index is 14.3. The normalized spacial score (nSPS) is 12.6. The first-order valence-corrected chi connectivity index (χ1v) is 16.1. The maximum atomic E-state index is 14.3. The number of nitrogens with zero attached hydrogens (tertiary/aromatic N) is 2. The number of hydrogen-bond acceptors (Lipinski definition) is 6. The Kier molecular flexibility index (Phi) is 12.3. The quantitative estimate of drug-likeness (QED) is 0.232. The van der Waals surface area contributed by atoms with E-state index in [9.17, 15) is 18.0 Å². The third-order valence-electron chi connectivity index (χ3n) is 7.01. The lowest BCUT2D eigenvalue weighted by Crippen LogP contribution is -2.53. The molecule has 1 N–H and O–H groups in total. The maximum Gasteiger partial charge on any atom is 0.264 e. The van der Waals surface area contributed by atoms with Crippen molar-refractivity contribution in [3.8, 4) is 11.5 Å². The van der Waals surface area contributed by atoms with Crippen LogP contribution in [0.2, 0.25) is 5.02 Å². The fourth-order valence-corrected chi connectivity index (χ4v) is 6.03. The summed E-state index contributed by atoms with van der Waals surface area (Å²) in [7, 11) is -2.71. The molecule has 0 saturated carbocycles. The smallest absolute Gasteiger partial charge is 0.264 e. The van der Waals surface area contributed by atoms with E-state index in [0.717, 1.165) is 16.3 Å². The highest BCUT2D eigenvalue weighted by Gasteiger charge is 2.35. The van der Waals surface area contributed by atoms with E-state index in [1.807, 2.05) is 32.9 Å². The minimum atomic E-state index is -4.27. The zero-order valence-corrected chi connectivity index (χ0v) is 26.8. The first kappa shape index (κ1) is 33.7. The molecule has 11 heteroatoms. The van der Waals surface area contributed by atoms with Gasteiger partial charge in [-0.05, 0) is 80.8 Å². The molecule has 0 aliphatic heterocycles. The van der Waals surface area contributed by atoms with Crippen LogP contribution in [0.5, 0.6) is 11.5 Å². The summed E-state index contributed by atoms with van der Waals surface area (Å²) in [5.41, 5.74) is 0.958. The van der Waals surface area contributed by atoms with Crippen molar-refractivity contribution in [2.45, 2.75) is 64.1 Å². The van der Waals surface area contributed by atoms with Crippen molar-refractivity contribution in [1.82, 2.24) is 10.2 Å². The predicted octanol–water partition coefficient (Wildman–Crippen LogP) is 5.66. The molecule has 3 aromatic carbocycles. The minimum absolute atomic E-state index is 0.0424. The molecule has 0 bridgehead atoms. The van der Waals surface area contributed by atoms with Gasteiger partial charge in [0.25, 0.3) is 10.0 Å². The molecular formula is C32H40ClN3O6S. The van der Waals surface area contributed by atoms with Crippen LogP contribution in [0.15, 0.2) is 77.7 Å². The summed E-state index contributed by atoms with van der Waals surface area (Å²) in [6.45, 7) is 7.26. The van der Waals surface area contributed by atoms with Gasteiger partial charge in [-0.25, -0.2) is 8.42 Å². The Morgan fingerprint density at radius 2 is 1.58 bits per heavy atom. The monoisotopic (exact) mass is 629 g/mol. The Balaban J connectivity index is 2.10. The molecule has 0 aromatic heterocycles. The highest BCUT2D eigenvalue weighted by molar-refractivity contribution is 7.92. The van der Waals surface area contributed by atoms with Gasteiger partial charge in [-0.2, -0.15) is 0 Å². The van der Waals surface area contributed by atoms with Crippen LogP contribution in [-0.2, 0) is 26.2 Å².